The lowest BCUT2D eigenvalue weighted by atomic mass is 10.0. The fraction of sp³-hybridized carbons (Fsp3) is 0.381. The molecule has 0 atom stereocenters. The summed E-state index contributed by atoms with van der Waals surface area (Å²) in [5, 5.41) is 20.9. The molecule has 0 spiro atoms. The Bertz CT molecular complexity index is 1010. The number of methoxy groups -OCH3 is 2. The van der Waals surface area contributed by atoms with Crippen LogP contribution in [0.25, 0.3) is 0 Å². The summed E-state index contributed by atoms with van der Waals surface area (Å²) in [6.07, 6.45) is 1.99. The smallest absolute Gasteiger partial charge is 0.342 e. The zero-order valence-corrected chi connectivity index (χ0v) is 20.4. The minimum atomic E-state index is -0.785. The molecule has 0 aliphatic heterocycles. The van der Waals surface area contributed by atoms with Crippen molar-refractivity contribution in [3.8, 4) is 28.7 Å². The average Bonchev–Trinajstić information content (AvgIpc) is 2.75. The second kappa shape index (κ2) is 10.7. The molecule has 0 heterocycles. The first-order chi connectivity index (χ1) is 14.7. The molecule has 0 saturated heterocycles. The highest BCUT2D eigenvalue weighted by Gasteiger charge is 2.31. The molecule has 0 fully saturated rings. The molecule has 0 radical (unpaired) electrons. The monoisotopic (exact) mass is 510 g/mol. The number of benzene rings is 2. The van der Waals surface area contributed by atoms with Gasteiger partial charge >= 0.3 is 5.97 Å². The van der Waals surface area contributed by atoms with E-state index in [0.29, 0.717) is 36.8 Å². The van der Waals surface area contributed by atoms with Crippen molar-refractivity contribution in [3.63, 3.8) is 0 Å². The zero-order chi connectivity index (χ0) is 23.5. The second-order valence-corrected chi connectivity index (χ2v) is 8.08. The number of carbonyl (C=O) groups is 1. The first-order valence-corrected chi connectivity index (χ1v) is 10.9. The lowest BCUT2D eigenvalue weighted by Crippen LogP contribution is -2.10. The molecule has 0 bridgehead atoms. The summed E-state index contributed by atoms with van der Waals surface area (Å²) >= 11 is 25.3. The van der Waals surface area contributed by atoms with Crippen LogP contribution in [-0.4, -0.2) is 30.4 Å². The van der Waals surface area contributed by atoms with Crippen LogP contribution in [-0.2, 0) is 17.6 Å². The van der Waals surface area contributed by atoms with Gasteiger partial charge in [0, 0.05) is 5.56 Å². The minimum Gasteiger partial charge on any atom is -0.505 e. The number of hydrogen-bond donors (Lipinski definition) is 2. The number of phenols is 2. The van der Waals surface area contributed by atoms with E-state index >= 15 is 0 Å². The summed E-state index contributed by atoms with van der Waals surface area (Å²) in [5.41, 5.74) is 0.555. The van der Waals surface area contributed by atoms with Gasteiger partial charge in [-0.2, -0.15) is 0 Å². The second-order valence-electron chi connectivity index (χ2n) is 6.57. The van der Waals surface area contributed by atoms with Gasteiger partial charge in [-0.1, -0.05) is 73.1 Å². The highest BCUT2D eigenvalue weighted by Crippen LogP contribution is 2.54. The third-order valence-electron chi connectivity index (χ3n) is 4.57. The quantitative estimate of drug-likeness (QED) is 0.364. The van der Waals surface area contributed by atoms with Crippen molar-refractivity contribution < 1.29 is 29.2 Å². The van der Waals surface area contributed by atoms with Gasteiger partial charge in [-0.05, 0) is 18.4 Å². The highest BCUT2D eigenvalue weighted by molar-refractivity contribution is 6.40. The van der Waals surface area contributed by atoms with Crippen molar-refractivity contribution in [1.29, 1.82) is 0 Å². The number of hydrogen-bond acceptors (Lipinski definition) is 6. The van der Waals surface area contributed by atoms with Crippen LogP contribution in [0.2, 0.25) is 20.1 Å². The predicted octanol–water partition coefficient (Wildman–Crippen LogP) is 7.20. The van der Waals surface area contributed by atoms with Crippen LogP contribution >= 0.6 is 46.4 Å². The van der Waals surface area contributed by atoms with Gasteiger partial charge in [0.15, 0.2) is 28.7 Å². The summed E-state index contributed by atoms with van der Waals surface area (Å²) in [6, 6.07) is 0. The standard InChI is InChI=1S/C21H22Cl4O6/c1-5-7-9-11(21(28)30-4)18(14(24)17(27)12(9)22)31-20-15(25)19(29-3)13(23)10(8-6-2)16(20)26/h26-27H,5-8H2,1-4H3. The van der Waals surface area contributed by atoms with Crippen LogP contribution in [0.15, 0.2) is 0 Å². The van der Waals surface area contributed by atoms with Crippen LogP contribution < -0.4 is 9.47 Å². The van der Waals surface area contributed by atoms with Crippen molar-refractivity contribution in [2.24, 2.45) is 0 Å². The minimum absolute atomic E-state index is 0.0847. The van der Waals surface area contributed by atoms with E-state index in [1.165, 1.54) is 14.2 Å². The number of rotatable bonds is 8. The number of carbonyl (C=O) groups excluding carboxylic acids is 1. The van der Waals surface area contributed by atoms with Crippen molar-refractivity contribution in [2.75, 3.05) is 14.2 Å². The molecule has 0 aliphatic carbocycles. The van der Waals surface area contributed by atoms with E-state index in [9.17, 15) is 15.0 Å². The molecule has 2 aromatic rings. The van der Waals surface area contributed by atoms with Crippen molar-refractivity contribution in [3.05, 3.63) is 36.8 Å². The Balaban J connectivity index is 2.88. The first kappa shape index (κ1) is 25.5. The van der Waals surface area contributed by atoms with Crippen LogP contribution in [0.5, 0.6) is 28.7 Å². The molecule has 2 rings (SSSR count). The largest absolute Gasteiger partial charge is 0.505 e. The topological polar surface area (TPSA) is 85.2 Å². The summed E-state index contributed by atoms with van der Waals surface area (Å²) in [7, 11) is 2.55. The summed E-state index contributed by atoms with van der Waals surface area (Å²) in [5.74, 6) is -2.00. The van der Waals surface area contributed by atoms with Gasteiger partial charge in [-0.15, -0.1) is 0 Å². The number of ether oxygens (including phenoxy) is 3. The van der Waals surface area contributed by atoms with Crippen LogP contribution in [0, 0.1) is 0 Å². The van der Waals surface area contributed by atoms with E-state index in [4.69, 9.17) is 60.6 Å². The molecule has 0 unspecified atom stereocenters. The van der Waals surface area contributed by atoms with Gasteiger partial charge in [-0.3, -0.25) is 0 Å². The molecule has 10 heteroatoms. The summed E-state index contributed by atoms with van der Waals surface area (Å²) < 4.78 is 16.0. The maximum atomic E-state index is 12.6. The normalized spacial score (nSPS) is 10.8. The highest BCUT2D eigenvalue weighted by atomic mass is 35.5. The van der Waals surface area contributed by atoms with E-state index in [1.807, 2.05) is 13.8 Å². The van der Waals surface area contributed by atoms with E-state index in [-0.39, 0.29) is 48.7 Å². The molecular weight excluding hydrogens is 490 g/mol. The summed E-state index contributed by atoms with van der Waals surface area (Å²) in [6.45, 7) is 3.77. The number of aromatic hydroxyl groups is 2. The van der Waals surface area contributed by atoms with Crippen LogP contribution in [0.1, 0.15) is 48.2 Å². The van der Waals surface area contributed by atoms with Crippen molar-refractivity contribution in [1.82, 2.24) is 0 Å². The van der Waals surface area contributed by atoms with Crippen LogP contribution in [0.4, 0.5) is 0 Å². The Morgan fingerprint density at radius 1 is 0.774 bits per heavy atom. The molecule has 0 aromatic heterocycles. The lowest BCUT2D eigenvalue weighted by molar-refractivity contribution is 0.0596. The first-order valence-electron chi connectivity index (χ1n) is 9.41. The van der Waals surface area contributed by atoms with Crippen LogP contribution in [0.3, 0.4) is 0 Å². The molecule has 6 nitrogen and oxygen atoms in total. The molecule has 0 amide bonds. The Morgan fingerprint density at radius 2 is 1.35 bits per heavy atom. The van der Waals surface area contributed by atoms with Gasteiger partial charge in [0.1, 0.15) is 15.6 Å². The van der Waals surface area contributed by atoms with Gasteiger partial charge < -0.3 is 24.4 Å². The van der Waals surface area contributed by atoms with Gasteiger partial charge in [0.2, 0.25) is 0 Å². The molecule has 0 saturated carbocycles. The number of phenolic OH excluding ortho intramolecular Hbond substituents is 2. The SMILES string of the molecule is CCCc1c(O)c(Oc2c(Cl)c(O)c(Cl)c(CCC)c2C(=O)OC)c(Cl)c(OC)c1Cl. The predicted molar refractivity (Wildman–Crippen MR) is 122 cm³/mol. The fourth-order valence-corrected chi connectivity index (χ4v) is 4.40. The molecule has 170 valence electrons. The lowest BCUT2D eigenvalue weighted by Gasteiger charge is -2.21. The van der Waals surface area contributed by atoms with Crippen molar-refractivity contribution in [2.45, 2.75) is 39.5 Å². The third-order valence-corrected chi connectivity index (χ3v) is 6.07. The third kappa shape index (κ3) is 4.72. The van der Waals surface area contributed by atoms with Crippen molar-refractivity contribution >= 4 is 52.4 Å². The average molecular weight is 512 g/mol. The fourth-order valence-electron chi connectivity index (χ4n) is 3.14. The van der Waals surface area contributed by atoms with Gasteiger partial charge in [0.25, 0.3) is 0 Å². The Kier molecular flexibility index (Phi) is 8.83. The van der Waals surface area contributed by atoms with Gasteiger partial charge in [0.05, 0.1) is 24.3 Å². The number of halogens is 4. The summed E-state index contributed by atoms with van der Waals surface area (Å²) in [4.78, 5) is 12.6. The van der Waals surface area contributed by atoms with E-state index < -0.39 is 11.7 Å². The van der Waals surface area contributed by atoms with Gasteiger partial charge in [-0.25, -0.2) is 4.79 Å². The maximum Gasteiger partial charge on any atom is 0.342 e. The van der Waals surface area contributed by atoms with E-state index in [1.54, 1.807) is 0 Å². The maximum absolute atomic E-state index is 12.6. The van der Waals surface area contributed by atoms with E-state index in [0.717, 1.165) is 0 Å². The van der Waals surface area contributed by atoms with E-state index in [2.05, 4.69) is 0 Å². The molecule has 2 N–H and O–H groups in total. The molecular formula is C21H22Cl4O6. The Morgan fingerprint density at radius 3 is 1.87 bits per heavy atom. The molecule has 2 aromatic carbocycles. The Hall–Kier alpha value is -1.73. The number of esters is 1. The Labute approximate surface area is 200 Å². The molecule has 31 heavy (non-hydrogen) atoms. The zero-order valence-electron chi connectivity index (χ0n) is 17.4. The molecule has 0 aliphatic rings.